The summed E-state index contributed by atoms with van der Waals surface area (Å²) >= 11 is 0. The minimum absolute atomic E-state index is 0.380. The smallest absolute Gasteiger partial charge is 0.0644 e. The van der Waals surface area contributed by atoms with Gasteiger partial charge >= 0.3 is 0 Å². The Morgan fingerprint density at radius 2 is 2.10 bits per heavy atom. The molecular formula is C16H30N4. The standard InChI is InChI=1S/C16H30N4/c1-6-20-14(4)16(13(3)18-20)12(2)17-11-15-9-7-8-10-19(15)5/h12,15,17H,6-11H2,1-5H3. The zero-order valence-corrected chi connectivity index (χ0v) is 13.7. The molecule has 0 spiro atoms. The van der Waals surface area contributed by atoms with Crippen molar-refractivity contribution in [2.45, 2.75) is 65.6 Å². The summed E-state index contributed by atoms with van der Waals surface area (Å²) in [7, 11) is 2.25. The molecule has 4 nitrogen and oxygen atoms in total. The van der Waals surface area contributed by atoms with Crippen molar-refractivity contribution in [3.8, 4) is 0 Å². The molecule has 0 aromatic carbocycles. The Kier molecular flexibility index (Phi) is 5.22. The first-order valence-corrected chi connectivity index (χ1v) is 8.02. The lowest BCUT2D eigenvalue weighted by Gasteiger charge is -2.33. The summed E-state index contributed by atoms with van der Waals surface area (Å²) in [5.41, 5.74) is 3.86. The van der Waals surface area contributed by atoms with Crippen LogP contribution in [0.15, 0.2) is 0 Å². The van der Waals surface area contributed by atoms with E-state index < -0.39 is 0 Å². The Bertz CT molecular complexity index is 438. The van der Waals surface area contributed by atoms with Gasteiger partial charge in [-0.25, -0.2) is 0 Å². The van der Waals surface area contributed by atoms with Gasteiger partial charge in [-0.3, -0.25) is 4.68 Å². The Morgan fingerprint density at radius 3 is 2.70 bits per heavy atom. The van der Waals surface area contributed by atoms with E-state index in [4.69, 9.17) is 0 Å². The molecule has 2 unspecified atom stereocenters. The number of nitrogens with zero attached hydrogens (tertiary/aromatic N) is 3. The van der Waals surface area contributed by atoms with Crippen LogP contribution in [0.5, 0.6) is 0 Å². The minimum Gasteiger partial charge on any atom is -0.309 e. The van der Waals surface area contributed by atoms with Crippen LogP contribution in [-0.2, 0) is 6.54 Å². The zero-order valence-electron chi connectivity index (χ0n) is 13.7. The van der Waals surface area contributed by atoms with Gasteiger partial charge in [-0.1, -0.05) is 6.42 Å². The second-order valence-corrected chi connectivity index (χ2v) is 6.16. The fraction of sp³-hybridized carbons (Fsp3) is 0.812. The molecule has 4 heteroatoms. The molecule has 0 radical (unpaired) electrons. The van der Waals surface area contributed by atoms with Crippen LogP contribution in [0.4, 0.5) is 0 Å². The van der Waals surface area contributed by atoms with Crippen molar-refractivity contribution >= 4 is 0 Å². The number of nitrogens with one attached hydrogen (secondary N) is 1. The van der Waals surface area contributed by atoms with Crippen molar-refractivity contribution < 1.29 is 0 Å². The molecule has 1 aromatic rings. The van der Waals surface area contributed by atoms with E-state index in [0.717, 1.165) is 13.1 Å². The molecule has 2 rings (SSSR count). The average Bonchev–Trinajstić information content (AvgIpc) is 2.72. The summed E-state index contributed by atoms with van der Waals surface area (Å²) < 4.78 is 2.11. The predicted octanol–water partition coefficient (Wildman–Crippen LogP) is 2.65. The number of aromatic nitrogens is 2. The van der Waals surface area contributed by atoms with E-state index in [1.54, 1.807) is 0 Å². The van der Waals surface area contributed by atoms with E-state index in [2.05, 4.69) is 54.7 Å². The molecular weight excluding hydrogens is 248 g/mol. The van der Waals surface area contributed by atoms with Gasteiger partial charge in [0.1, 0.15) is 0 Å². The molecule has 0 amide bonds. The first-order valence-electron chi connectivity index (χ1n) is 8.02. The number of hydrogen-bond acceptors (Lipinski definition) is 3. The number of aryl methyl sites for hydroxylation is 2. The third kappa shape index (κ3) is 3.23. The molecule has 0 bridgehead atoms. The van der Waals surface area contributed by atoms with Gasteiger partial charge < -0.3 is 10.2 Å². The first-order chi connectivity index (χ1) is 9.54. The fourth-order valence-corrected chi connectivity index (χ4v) is 3.46. The van der Waals surface area contributed by atoms with Crippen LogP contribution in [0.2, 0.25) is 0 Å². The van der Waals surface area contributed by atoms with E-state index in [1.807, 2.05) is 0 Å². The zero-order chi connectivity index (χ0) is 14.7. The second-order valence-electron chi connectivity index (χ2n) is 6.16. The molecule has 1 aromatic heterocycles. The summed E-state index contributed by atoms with van der Waals surface area (Å²) in [4.78, 5) is 2.50. The van der Waals surface area contributed by atoms with Crippen molar-refractivity contribution in [1.29, 1.82) is 0 Å². The van der Waals surface area contributed by atoms with Crippen LogP contribution in [-0.4, -0.2) is 40.9 Å². The summed E-state index contributed by atoms with van der Waals surface area (Å²) in [6.45, 7) is 12.0. The molecule has 2 atom stereocenters. The van der Waals surface area contributed by atoms with E-state index >= 15 is 0 Å². The highest BCUT2D eigenvalue weighted by Crippen LogP contribution is 2.22. The van der Waals surface area contributed by atoms with Crippen LogP contribution >= 0.6 is 0 Å². The van der Waals surface area contributed by atoms with E-state index in [9.17, 15) is 0 Å². The lowest BCUT2D eigenvalue weighted by Crippen LogP contribution is -2.43. The summed E-state index contributed by atoms with van der Waals surface area (Å²) in [6, 6.07) is 1.07. The Labute approximate surface area is 123 Å². The van der Waals surface area contributed by atoms with Crippen LogP contribution in [0.1, 0.15) is 56.1 Å². The lowest BCUT2D eigenvalue weighted by atomic mass is 10.0. The van der Waals surface area contributed by atoms with Gasteiger partial charge in [-0.2, -0.15) is 5.10 Å². The van der Waals surface area contributed by atoms with Gasteiger partial charge in [0.2, 0.25) is 0 Å². The third-order valence-corrected chi connectivity index (χ3v) is 4.75. The SMILES string of the molecule is CCn1nc(C)c(C(C)NCC2CCCCN2C)c1C. The summed E-state index contributed by atoms with van der Waals surface area (Å²) in [6.07, 6.45) is 4.04. The molecule has 114 valence electrons. The highest BCUT2D eigenvalue weighted by Gasteiger charge is 2.21. The number of likely N-dealkylation sites (N-methyl/N-ethyl adjacent to an activating group) is 1. The highest BCUT2D eigenvalue weighted by atomic mass is 15.3. The first kappa shape index (κ1) is 15.5. The van der Waals surface area contributed by atoms with Crippen molar-refractivity contribution in [3.05, 3.63) is 17.0 Å². The molecule has 1 saturated heterocycles. The van der Waals surface area contributed by atoms with Crippen molar-refractivity contribution in [1.82, 2.24) is 20.0 Å². The van der Waals surface area contributed by atoms with E-state index in [-0.39, 0.29) is 0 Å². The van der Waals surface area contributed by atoms with Gasteiger partial charge in [-0.05, 0) is 54.1 Å². The molecule has 20 heavy (non-hydrogen) atoms. The molecule has 0 saturated carbocycles. The monoisotopic (exact) mass is 278 g/mol. The molecule has 2 heterocycles. The molecule has 1 N–H and O–H groups in total. The normalized spacial score (nSPS) is 22.1. The predicted molar refractivity (Wildman–Crippen MR) is 84.1 cm³/mol. The van der Waals surface area contributed by atoms with Crippen molar-refractivity contribution in [3.63, 3.8) is 0 Å². The summed E-state index contributed by atoms with van der Waals surface area (Å²) in [5.74, 6) is 0. The molecule has 1 aliphatic heterocycles. The second kappa shape index (κ2) is 6.72. The van der Waals surface area contributed by atoms with Crippen molar-refractivity contribution in [2.24, 2.45) is 0 Å². The Hall–Kier alpha value is -0.870. The summed E-state index contributed by atoms with van der Waals surface area (Å²) in [5, 5.41) is 8.35. The van der Waals surface area contributed by atoms with Gasteiger partial charge in [0.05, 0.1) is 5.69 Å². The number of likely N-dealkylation sites (tertiary alicyclic amines) is 1. The fourth-order valence-electron chi connectivity index (χ4n) is 3.46. The van der Waals surface area contributed by atoms with E-state index in [1.165, 1.54) is 42.8 Å². The highest BCUT2D eigenvalue weighted by molar-refractivity contribution is 5.27. The number of rotatable bonds is 5. The molecule has 0 aliphatic carbocycles. The van der Waals surface area contributed by atoms with Crippen LogP contribution in [0.25, 0.3) is 0 Å². The quantitative estimate of drug-likeness (QED) is 0.899. The maximum atomic E-state index is 4.63. The molecule has 1 aliphatic rings. The minimum atomic E-state index is 0.380. The topological polar surface area (TPSA) is 33.1 Å². The number of hydrogen-bond donors (Lipinski definition) is 1. The maximum Gasteiger partial charge on any atom is 0.0644 e. The van der Waals surface area contributed by atoms with Gasteiger partial charge in [0, 0.05) is 36.4 Å². The Balaban J connectivity index is 1.98. The van der Waals surface area contributed by atoms with E-state index in [0.29, 0.717) is 12.1 Å². The van der Waals surface area contributed by atoms with Gasteiger partial charge in [-0.15, -0.1) is 0 Å². The molecule has 1 fully saturated rings. The average molecular weight is 278 g/mol. The Morgan fingerprint density at radius 1 is 1.35 bits per heavy atom. The van der Waals surface area contributed by atoms with Crippen LogP contribution < -0.4 is 5.32 Å². The largest absolute Gasteiger partial charge is 0.309 e. The van der Waals surface area contributed by atoms with Crippen LogP contribution in [0.3, 0.4) is 0 Å². The number of piperidine rings is 1. The maximum absolute atomic E-state index is 4.63. The lowest BCUT2D eigenvalue weighted by molar-refractivity contribution is 0.178. The van der Waals surface area contributed by atoms with Gasteiger partial charge in [0.25, 0.3) is 0 Å². The van der Waals surface area contributed by atoms with Crippen molar-refractivity contribution in [2.75, 3.05) is 20.1 Å². The third-order valence-electron chi connectivity index (χ3n) is 4.75. The van der Waals surface area contributed by atoms with Crippen LogP contribution in [0, 0.1) is 13.8 Å². The van der Waals surface area contributed by atoms with Gasteiger partial charge in [0.15, 0.2) is 0 Å².